The second-order valence-corrected chi connectivity index (χ2v) is 7.14. The van der Waals surface area contributed by atoms with Crippen molar-refractivity contribution in [1.82, 2.24) is 19.7 Å². The number of nitrogens with zero attached hydrogens (tertiary/aromatic N) is 4. The number of carbonyl (C=O) groups excluding carboxylic acids is 2. The number of pyridine rings is 1. The number of nitrogens with one attached hydrogen (secondary N) is 1. The van der Waals surface area contributed by atoms with Gasteiger partial charge in [-0.3, -0.25) is 9.59 Å². The standard InChI is InChI=1S/C22H25N5O3/c1-15(2)21-18(13-24-27(21)19-7-5-6-12-23-19)22(29)26(3)14-20(28)25-16-8-10-17(30-4)11-9-16/h5-13,15H,14H2,1-4H3,(H,25,28). The minimum absolute atomic E-state index is 0.0370. The van der Waals surface area contributed by atoms with Gasteiger partial charge in [-0.15, -0.1) is 0 Å². The Hall–Kier alpha value is -3.68. The lowest BCUT2D eigenvalue weighted by atomic mass is 10.0. The Kier molecular flexibility index (Phi) is 6.46. The second kappa shape index (κ2) is 9.21. The first-order chi connectivity index (χ1) is 14.4. The van der Waals surface area contributed by atoms with E-state index in [9.17, 15) is 9.59 Å². The van der Waals surface area contributed by atoms with E-state index in [0.717, 1.165) is 5.69 Å². The number of ether oxygens (including phenoxy) is 1. The predicted molar refractivity (Wildman–Crippen MR) is 114 cm³/mol. The van der Waals surface area contributed by atoms with E-state index in [1.807, 2.05) is 32.0 Å². The molecule has 0 radical (unpaired) electrons. The number of carbonyl (C=O) groups is 2. The highest BCUT2D eigenvalue weighted by Crippen LogP contribution is 2.23. The van der Waals surface area contributed by atoms with E-state index in [4.69, 9.17) is 4.74 Å². The molecule has 1 aromatic carbocycles. The predicted octanol–water partition coefficient (Wildman–Crippen LogP) is 3.11. The molecule has 0 spiro atoms. The molecular formula is C22H25N5O3. The van der Waals surface area contributed by atoms with Gasteiger partial charge in [-0.1, -0.05) is 19.9 Å². The second-order valence-electron chi connectivity index (χ2n) is 7.14. The normalized spacial score (nSPS) is 10.7. The number of anilines is 1. The van der Waals surface area contributed by atoms with Crippen LogP contribution in [0.1, 0.15) is 35.8 Å². The van der Waals surface area contributed by atoms with Gasteiger partial charge in [0.2, 0.25) is 5.91 Å². The van der Waals surface area contributed by atoms with Crippen molar-refractivity contribution >= 4 is 17.5 Å². The van der Waals surface area contributed by atoms with Crippen molar-refractivity contribution in [2.45, 2.75) is 19.8 Å². The van der Waals surface area contributed by atoms with Gasteiger partial charge >= 0.3 is 0 Å². The molecule has 2 heterocycles. The van der Waals surface area contributed by atoms with E-state index >= 15 is 0 Å². The van der Waals surface area contributed by atoms with Crippen molar-refractivity contribution in [2.24, 2.45) is 0 Å². The van der Waals surface area contributed by atoms with Crippen LogP contribution in [0.5, 0.6) is 5.75 Å². The van der Waals surface area contributed by atoms with E-state index in [1.165, 1.54) is 11.1 Å². The molecule has 3 aromatic rings. The first-order valence-electron chi connectivity index (χ1n) is 9.59. The highest BCUT2D eigenvalue weighted by Gasteiger charge is 2.24. The Labute approximate surface area is 175 Å². The molecule has 156 valence electrons. The van der Waals surface area contributed by atoms with Crippen LogP contribution in [0, 0.1) is 0 Å². The van der Waals surface area contributed by atoms with Crippen molar-refractivity contribution in [3.63, 3.8) is 0 Å². The van der Waals surface area contributed by atoms with E-state index in [0.29, 0.717) is 22.8 Å². The number of aromatic nitrogens is 3. The summed E-state index contributed by atoms with van der Waals surface area (Å²) in [4.78, 5) is 31.1. The number of benzene rings is 1. The lowest BCUT2D eigenvalue weighted by Gasteiger charge is -2.18. The van der Waals surface area contributed by atoms with Gasteiger partial charge in [-0.05, 0) is 42.3 Å². The molecule has 2 aromatic heterocycles. The average Bonchev–Trinajstić information content (AvgIpc) is 3.19. The first-order valence-corrected chi connectivity index (χ1v) is 9.59. The summed E-state index contributed by atoms with van der Waals surface area (Å²) in [5, 5.41) is 7.15. The van der Waals surface area contributed by atoms with Crippen LogP contribution in [-0.4, -0.2) is 52.2 Å². The fraction of sp³-hybridized carbons (Fsp3) is 0.273. The van der Waals surface area contributed by atoms with Gasteiger partial charge in [-0.25, -0.2) is 9.67 Å². The minimum Gasteiger partial charge on any atom is -0.497 e. The lowest BCUT2D eigenvalue weighted by molar-refractivity contribution is -0.116. The first kappa shape index (κ1) is 21.0. The van der Waals surface area contributed by atoms with E-state index in [-0.39, 0.29) is 24.3 Å². The summed E-state index contributed by atoms with van der Waals surface area (Å²) >= 11 is 0. The summed E-state index contributed by atoms with van der Waals surface area (Å²) in [5.41, 5.74) is 1.84. The van der Waals surface area contributed by atoms with Crippen LogP contribution in [-0.2, 0) is 4.79 Å². The third kappa shape index (κ3) is 4.65. The smallest absolute Gasteiger partial charge is 0.257 e. The Bertz CT molecular complexity index is 1010. The number of hydrogen-bond acceptors (Lipinski definition) is 5. The SMILES string of the molecule is COc1ccc(NC(=O)CN(C)C(=O)c2cnn(-c3ccccn3)c2C(C)C)cc1. The molecule has 0 saturated heterocycles. The maximum Gasteiger partial charge on any atom is 0.257 e. The zero-order valence-corrected chi connectivity index (χ0v) is 17.5. The summed E-state index contributed by atoms with van der Waals surface area (Å²) in [6.45, 7) is 3.89. The molecule has 30 heavy (non-hydrogen) atoms. The summed E-state index contributed by atoms with van der Waals surface area (Å²) in [5.74, 6) is 0.812. The van der Waals surface area contributed by atoms with Crippen LogP contribution < -0.4 is 10.1 Å². The number of likely N-dealkylation sites (N-methyl/N-ethyl adjacent to an activating group) is 1. The topological polar surface area (TPSA) is 89.4 Å². The molecule has 8 nitrogen and oxygen atoms in total. The van der Waals surface area contributed by atoms with Crippen LogP contribution in [0.2, 0.25) is 0 Å². The van der Waals surface area contributed by atoms with E-state index < -0.39 is 0 Å². The van der Waals surface area contributed by atoms with Crippen molar-refractivity contribution < 1.29 is 14.3 Å². The van der Waals surface area contributed by atoms with Crippen molar-refractivity contribution in [2.75, 3.05) is 26.0 Å². The molecule has 0 fully saturated rings. The molecule has 0 bridgehead atoms. The third-order valence-electron chi connectivity index (χ3n) is 4.55. The van der Waals surface area contributed by atoms with E-state index in [1.54, 1.807) is 49.3 Å². The monoisotopic (exact) mass is 407 g/mol. The van der Waals surface area contributed by atoms with Crippen LogP contribution in [0.3, 0.4) is 0 Å². The number of amides is 2. The van der Waals surface area contributed by atoms with Crippen LogP contribution in [0.15, 0.2) is 54.9 Å². The van der Waals surface area contributed by atoms with Crippen molar-refractivity contribution in [1.29, 1.82) is 0 Å². The Balaban J connectivity index is 1.74. The van der Waals surface area contributed by atoms with Crippen molar-refractivity contribution in [3.05, 3.63) is 66.1 Å². The molecule has 0 saturated carbocycles. The maximum absolute atomic E-state index is 13.0. The maximum atomic E-state index is 13.0. The highest BCUT2D eigenvalue weighted by molar-refractivity contribution is 5.99. The summed E-state index contributed by atoms with van der Waals surface area (Å²) in [7, 11) is 3.17. The molecule has 1 N–H and O–H groups in total. The minimum atomic E-state index is -0.292. The zero-order valence-electron chi connectivity index (χ0n) is 17.5. The average molecular weight is 407 g/mol. The Morgan fingerprint density at radius 2 is 1.90 bits per heavy atom. The molecule has 0 aliphatic rings. The quantitative estimate of drug-likeness (QED) is 0.650. The molecule has 0 aliphatic carbocycles. The summed E-state index contributed by atoms with van der Waals surface area (Å²) < 4.78 is 6.78. The fourth-order valence-electron chi connectivity index (χ4n) is 3.11. The van der Waals surface area contributed by atoms with E-state index in [2.05, 4.69) is 15.4 Å². The van der Waals surface area contributed by atoms with Gasteiger partial charge in [-0.2, -0.15) is 5.10 Å². The summed E-state index contributed by atoms with van der Waals surface area (Å²) in [6.07, 6.45) is 3.21. The van der Waals surface area contributed by atoms with Gasteiger partial charge in [0, 0.05) is 18.9 Å². The molecular weight excluding hydrogens is 382 g/mol. The van der Waals surface area contributed by atoms with Gasteiger partial charge in [0.15, 0.2) is 5.82 Å². The van der Waals surface area contributed by atoms with Gasteiger partial charge in [0.05, 0.1) is 31.1 Å². The summed E-state index contributed by atoms with van der Waals surface area (Å²) in [6, 6.07) is 12.5. The third-order valence-corrected chi connectivity index (χ3v) is 4.55. The number of methoxy groups -OCH3 is 1. The largest absolute Gasteiger partial charge is 0.497 e. The van der Waals surface area contributed by atoms with Crippen LogP contribution in [0.4, 0.5) is 5.69 Å². The van der Waals surface area contributed by atoms with Gasteiger partial charge < -0.3 is 15.0 Å². The molecule has 8 heteroatoms. The molecule has 2 amide bonds. The molecule has 0 aliphatic heterocycles. The van der Waals surface area contributed by atoms with Gasteiger partial charge in [0.1, 0.15) is 5.75 Å². The Morgan fingerprint density at radius 1 is 1.17 bits per heavy atom. The Morgan fingerprint density at radius 3 is 2.50 bits per heavy atom. The highest BCUT2D eigenvalue weighted by atomic mass is 16.5. The van der Waals surface area contributed by atoms with Crippen molar-refractivity contribution in [3.8, 4) is 11.6 Å². The number of hydrogen-bond donors (Lipinski definition) is 1. The van der Waals surface area contributed by atoms with Gasteiger partial charge in [0.25, 0.3) is 5.91 Å². The van der Waals surface area contributed by atoms with Crippen LogP contribution >= 0.6 is 0 Å². The number of rotatable bonds is 7. The molecule has 3 rings (SSSR count). The molecule has 0 unspecified atom stereocenters. The molecule has 0 atom stereocenters. The van der Waals surface area contributed by atoms with Crippen LogP contribution in [0.25, 0.3) is 5.82 Å². The fourth-order valence-corrected chi connectivity index (χ4v) is 3.11. The lowest BCUT2D eigenvalue weighted by Crippen LogP contribution is -2.35. The zero-order chi connectivity index (χ0) is 21.7.